The Bertz CT molecular complexity index is 952. The minimum atomic E-state index is 0.543. The lowest BCUT2D eigenvalue weighted by molar-refractivity contribution is 0.122. The van der Waals surface area contributed by atoms with Gasteiger partial charge in [0.25, 0.3) is 0 Å². The fourth-order valence-electron chi connectivity index (χ4n) is 3.57. The summed E-state index contributed by atoms with van der Waals surface area (Å²) in [5, 5.41) is 0. The Kier molecular flexibility index (Phi) is 3.71. The number of ether oxygens (including phenoxy) is 1. The number of nitrogens with zero attached hydrogens (tertiary/aromatic N) is 5. The van der Waals surface area contributed by atoms with E-state index in [1.807, 2.05) is 24.7 Å². The first kappa shape index (κ1) is 15.5. The van der Waals surface area contributed by atoms with Gasteiger partial charge < -0.3 is 9.64 Å². The second-order valence-electron chi connectivity index (χ2n) is 6.84. The van der Waals surface area contributed by atoms with Gasteiger partial charge in [0.15, 0.2) is 11.5 Å². The van der Waals surface area contributed by atoms with Crippen LogP contribution in [0.4, 0.5) is 5.82 Å². The number of morpholine rings is 1. The lowest BCUT2D eigenvalue weighted by Crippen LogP contribution is -2.37. The molecule has 2 fully saturated rings. The standard InChI is InChI=1S/C20H21N5O/c1-2-16-6-5-15(13-22-16)18-17(14-3-4-14)23-20-19(21-7-8-25(18)20)24-9-11-26-12-10-24/h2,5-8,13-14H,1,3-4,9-12H2. The first-order chi connectivity index (χ1) is 12.8. The highest BCUT2D eigenvalue weighted by molar-refractivity contribution is 5.74. The van der Waals surface area contributed by atoms with Crippen LogP contribution < -0.4 is 4.90 Å². The van der Waals surface area contributed by atoms with E-state index in [4.69, 9.17) is 9.72 Å². The first-order valence-electron chi connectivity index (χ1n) is 9.13. The van der Waals surface area contributed by atoms with Crippen LogP contribution >= 0.6 is 0 Å². The van der Waals surface area contributed by atoms with E-state index < -0.39 is 0 Å². The molecule has 1 saturated carbocycles. The Balaban J connectivity index is 1.68. The summed E-state index contributed by atoms with van der Waals surface area (Å²) in [7, 11) is 0. The van der Waals surface area contributed by atoms with Crippen LogP contribution in [0.1, 0.15) is 30.1 Å². The van der Waals surface area contributed by atoms with Crippen LogP contribution in [0.25, 0.3) is 23.0 Å². The van der Waals surface area contributed by atoms with E-state index in [-0.39, 0.29) is 0 Å². The van der Waals surface area contributed by atoms with E-state index in [1.54, 1.807) is 6.08 Å². The average Bonchev–Trinajstić information content (AvgIpc) is 3.48. The zero-order valence-electron chi connectivity index (χ0n) is 14.6. The number of hydrogen-bond acceptors (Lipinski definition) is 5. The summed E-state index contributed by atoms with van der Waals surface area (Å²) in [6, 6.07) is 4.11. The third-order valence-electron chi connectivity index (χ3n) is 5.09. The van der Waals surface area contributed by atoms with Crippen molar-refractivity contribution in [2.75, 3.05) is 31.2 Å². The summed E-state index contributed by atoms with van der Waals surface area (Å²) in [5.41, 5.74) is 5.21. The van der Waals surface area contributed by atoms with Crippen molar-refractivity contribution in [2.45, 2.75) is 18.8 Å². The van der Waals surface area contributed by atoms with Crippen molar-refractivity contribution in [1.29, 1.82) is 0 Å². The molecule has 6 heteroatoms. The SMILES string of the molecule is C=Cc1ccc(-c2c(C3CC3)nc3c(N4CCOCC4)nccn23)cn1. The summed E-state index contributed by atoms with van der Waals surface area (Å²) in [6.07, 6.45) is 9.96. The number of rotatable bonds is 4. The minimum Gasteiger partial charge on any atom is -0.378 e. The van der Waals surface area contributed by atoms with E-state index in [0.29, 0.717) is 5.92 Å². The van der Waals surface area contributed by atoms with E-state index in [0.717, 1.165) is 54.7 Å². The van der Waals surface area contributed by atoms with Crippen LogP contribution in [0.2, 0.25) is 0 Å². The molecule has 0 amide bonds. The lowest BCUT2D eigenvalue weighted by atomic mass is 10.1. The summed E-state index contributed by atoms with van der Waals surface area (Å²) in [5.74, 6) is 1.49. The van der Waals surface area contributed by atoms with Crippen LogP contribution in [-0.2, 0) is 4.74 Å². The highest BCUT2D eigenvalue weighted by Gasteiger charge is 2.32. The molecule has 1 aliphatic carbocycles. The molecule has 4 heterocycles. The molecule has 6 nitrogen and oxygen atoms in total. The van der Waals surface area contributed by atoms with Gasteiger partial charge >= 0.3 is 0 Å². The predicted molar refractivity (Wildman–Crippen MR) is 101 cm³/mol. The highest BCUT2D eigenvalue weighted by atomic mass is 16.5. The Hall–Kier alpha value is -2.73. The van der Waals surface area contributed by atoms with Gasteiger partial charge in [-0.3, -0.25) is 9.38 Å². The summed E-state index contributed by atoms with van der Waals surface area (Å²) in [6.45, 7) is 6.96. The van der Waals surface area contributed by atoms with Gasteiger partial charge in [-0.15, -0.1) is 0 Å². The summed E-state index contributed by atoms with van der Waals surface area (Å²) in [4.78, 5) is 16.4. The van der Waals surface area contributed by atoms with Crippen molar-refractivity contribution in [3.8, 4) is 11.3 Å². The first-order valence-corrected chi connectivity index (χ1v) is 9.13. The van der Waals surface area contributed by atoms with Crippen molar-refractivity contribution >= 4 is 17.5 Å². The van der Waals surface area contributed by atoms with Crippen molar-refractivity contribution in [3.05, 3.63) is 48.7 Å². The number of aromatic nitrogens is 4. The maximum absolute atomic E-state index is 5.49. The van der Waals surface area contributed by atoms with Crippen molar-refractivity contribution < 1.29 is 4.74 Å². The Labute approximate surface area is 152 Å². The molecule has 0 aromatic carbocycles. The van der Waals surface area contributed by atoms with Gasteiger partial charge in [0.05, 0.1) is 30.3 Å². The third-order valence-corrected chi connectivity index (χ3v) is 5.09. The molecule has 26 heavy (non-hydrogen) atoms. The quantitative estimate of drug-likeness (QED) is 0.726. The number of anilines is 1. The predicted octanol–water partition coefficient (Wildman–Crippen LogP) is 3.15. The largest absolute Gasteiger partial charge is 0.378 e. The molecule has 3 aromatic heterocycles. The second-order valence-corrected chi connectivity index (χ2v) is 6.84. The van der Waals surface area contributed by atoms with Crippen molar-refractivity contribution in [3.63, 3.8) is 0 Å². The molecule has 0 unspecified atom stereocenters. The molecule has 1 aliphatic heterocycles. The van der Waals surface area contributed by atoms with Crippen molar-refractivity contribution in [1.82, 2.24) is 19.4 Å². The van der Waals surface area contributed by atoms with Gasteiger partial charge in [-0.05, 0) is 31.1 Å². The Morgan fingerprint density at radius 1 is 1.15 bits per heavy atom. The summed E-state index contributed by atoms with van der Waals surface area (Å²) < 4.78 is 7.67. The zero-order valence-corrected chi connectivity index (χ0v) is 14.6. The van der Waals surface area contributed by atoms with Gasteiger partial charge in [-0.25, -0.2) is 9.97 Å². The second kappa shape index (κ2) is 6.21. The van der Waals surface area contributed by atoms with Gasteiger partial charge in [-0.2, -0.15) is 0 Å². The average molecular weight is 347 g/mol. The van der Waals surface area contributed by atoms with E-state index >= 15 is 0 Å². The molecule has 0 atom stereocenters. The normalized spacial score (nSPS) is 17.6. The van der Waals surface area contributed by atoms with Crippen LogP contribution in [-0.4, -0.2) is 45.7 Å². The zero-order chi connectivity index (χ0) is 17.5. The number of pyridine rings is 1. The molecule has 0 spiro atoms. The molecule has 0 N–H and O–H groups in total. The van der Waals surface area contributed by atoms with Crippen molar-refractivity contribution in [2.24, 2.45) is 0 Å². The minimum absolute atomic E-state index is 0.543. The maximum atomic E-state index is 5.49. The van der Waals surface area contributed by atoms with Gasteiger partial charge in [0.2, 0.25) is 0 Å². The van der Waals surface area contributed by atoms with E-state index in [9.17, 15) is 0 Å². The van der Waals surface area contributed by atoms with Gasteiger partial charge in [0, 0.05) is 43.2 Å². The molecular formula is C20H21N5O. The number of hydrogen-bond donors (Lipinski definition) is 0. The van der Waals surface area contributed by atoms with Crippen LogP contribution in [0.5, 0.6) is 0 Å². The molecule has 0 bridgehead atoms. The van der Waals surface area contributed by atoms with Gasteiger partial charge in [-0.1, -0.05) is 6.58 Å². The molecule has 1 saturated heterocycles. The number of imidazole rings is 1. The highest BCUT2D eigenvalue weighted by Crippen LogP contribution is 2.44. The summed E-state index contributed by atoms with van der Waals surface area (Å²) >= 11 is 0. The fraction of sp³-hybridized carbons (Fsp3) is 0.350. The van der Waals surface area contributed by atoms with Gasteiger partial charge in [0.1, 0.15) is 0 Å². The molecule has 3 aromatic rings. The molecule has 2 aliphatic rings. The Morgan fingerprint density at radius 2 is 2.00 bits per heavy atom. The fourth-order valence-corrected chi connectivity index (χ4v) is 3.57. The third kappa shape index (κ3) is 2.57. The van der Waals surface area contributed by atoms with E-state index in [1.165, 1.54) is 18.5 Å². The lowest BCUT2D eigenvalue weighted by Gasteiger charge is -2.27. The Morgan fingerprint density at radius 3 is 2.69 bits per heavy atom. The number of fused-ring (bicyclic) bond motifs is 1. The molecule has 132 valence electrons. The van der Waals surface area contributed by atoms with Crippen LogP contribution in [0.3, 0.4) is 0 Å². The monoisotopic (exact) mass is 347 g/mol. The van der Waals surface area contributed by atoms with Crippen LogP contribution in [0, 0.1) is 0 Å². The smallest absolute Gasteiger partial charge is 0.181 e. The molecular weight excluding hydrogens is 326 g/mol. The maximum Gasteiger partial charge on any atom is 0.181 e. The topological polar surface area (TPSA) is 55.5 Å². The van der Waals surface area contributed by atoms with E-state index in [2.05, 4.69) is 31.9 Å². The molecule has 5 rings (SSSR count). The molecule has 0 radical (unpaired) electrons. The van der Waals surface area contributed by atoms with Crippen LogP contribution in [0.15, 0.2) is 37.3 Å².